The zero-order chi connectivity index (χ0) is 21.4. The number of aliphatic imine (C=N–C) groups is 1. The molecular weight excluding hydrogens is 518 g/mol. The Morgan fingerprint density at radius 3 is 2.33 bits per heavy atom. The van der Waals surface area contributed by atoms with Crippen molar-refractivity contribution in [1.82, 2.24) is 14.9 Å². The van der Waals surface area contributed by atoms with Crippen molar-refractivity contribution in [3.05, 3.63) is 65.5 Å². The average Bonchev–Trinajstić information content (AvgIpc) is 2.70. The highest BCUT2D eigenvalue weighted by molar-refractivity contribution is 14.0. The molecule has 0 bridgehead atoms. The Morgan fingerprint density at radius 2 is 1.77 bits per heavy atom. The van der Waals surface area contributed by atoms with Crippen LogP contribution in [0, 0.1) is 5.82 Å². The number of nitrogens with one attached hydrogen (secondary N) is 2. The Balaban J connectivity index is 0.00000450. The molecule has 0 saturated heterocycles. The summed E-state index contributed by atoms with van der Waals surface area (Å²) in [5.74, 6) is 0.382. The van der Waals surface area contributed by atoms with Gasteiger partial charge in [0.15, 0.2) is 5.96 Å². The van der Waals surface area contributed by atoms with Crippen molar-refractivity contribution in [2.24, 2.45) is 4.99 Å². The predicted molar refractivity (Wildman–Crippen MR) is 130 cm³/mol. The van der Waals surface area contributed by atoms with Gasteiger partial charge in [0.2, 0.25) is 10.0 Å². The van der Waals surface area contributed by atoms with E-state index < -0.39 is 10.0 Å². The Hall–Kier alpha value is -1.72. The monoisotopic (exact) mass is 548 g/mol. The Morgan fingerprint density at radius 1 is 1.10 bits per heavy atom. The summed E-state index contributed by atoms with van der Waals surface area (Å²) in [6.07, 6.45) is 0.675. The second-order valence-electron chi connectivity index (χ2n) is 6.99. The Labute approximate surface area is 196 Å². The molecule has 0 saturated carbocycles. The van der Waals surface area contributed by atoms with Gasteiger partial charge in [0.25, 0.3) is 0 Å². The maximum absolute atomic E-state index is 13.2. The molecule has 0 aliphatic rings. The van der Waals surface area contributed by atoms with Gasteiger partial charge in [0, 0.05) is 33.2 Å². The minimum Gasteiger partial charge on any atom is -0.356 e. The number of benzene rings is 2. The number of halogens is 2. The molecule has 0 spiro atoms. The number of hydrogen-bond donors (Lipinski definition) is 2. The van der Waals surface area contributed by atoms with Crippen LogP contribution in [0.4, 0.5) is 4.39 Å². The SMILES string of the molecule is CN=C(NCCc1cccc(F)c1)NCc1ccc(S(=O)(=O)N(C)C(C)C)cc1.I. The molecule has 0 fully saturated rings. The van der Waals surface area contributed by atoms with Crippen molar-refractivity contribution in [1.29, 1.82) is 0 Å². The lowest BCUT2D eigenvalue weighted by Gasteiger charge is -2.21. The number of sulfonamides is 1. The highest BCUT2D eigenvalue weighted by Crippen LogP contribution is 2.17. The van der Waals surface area contributed by atoms with Gasteiger partial charge in [-0.2, -0.15) is 4.31 Å². The van der Waals surface area contributed by atoms with E-state index in [1.54, 1.807) is 44.4 Å². The van der Waals surface area contributed by atoms with E-state index >= 15 is 0 Å². The fourth-order valence-electron chi connectivity index (χ4n) is 2.65. The third-order valence-corrected chi connectivity index (χ3v) is 6.65. The Bertz CT molecular complexity index is 934. The summed E-state index contributed by atoms with van der Waals surface area (Å²) in [6, 6.07) is 13.2. The molecule has 0 radical (unpaired) electrons. The van der Waals surface area contributed by atoms with Crippen LogP contribution in [0.5, 0.6) is 0 Å². The number of rotatable bonds is 8. The molecule has 166 valence electrons. The van der Waals surface area contributed by atoms with Gasteiger partial charge in [-0.15, -0.1) is 24.0 Å². The van der Waals surface area contributed by atoms with Gasteiger partial charge < -0.3 is 10.6 Å². The Kier molecular flexibility index (Phi) is 10.7. The van der Waals surface area contributed by atoms with E-state index in [2.05, 4.69) is 15.6 Å². The molecule has 6 nitrogen and oxygen atoms in total. The average molecular weight is 548 g/mol. The summed E-state index contributed by atoms with van der Waals surface area (Å²) >= 11 is 0. The second-order valence-corrected chi connectivity index (χ2v) is 8.99. The summed E-state index contributed by atoms with van der Waals surface area (Å²) in [5.41, 5.74) is 1.85. The quantitative estimate of drug-likeness (QED) is 0.302. The van der Waals surface area contributed by atoms with Crippen LogP contribution in [-0.4, -0.2) is 45.4 Å². The summed E-state index contributed by atoms with van der Waals surface area (Å²) in [5, 5.41) is 6.37. The van der Waals surface area contributed by atoms with Crippen molar-refractivity contribution in [3.8, 4) is 0 Å². The molecule has 30 heavy (non-hydrogen) atoms. The first kappa shape index (κ1) is 26.3. The van der Waals surface area contributed by atoms with E-state index in [9.17, 15) is 12.8 Å². The minimum atomic E-state index is -3.48. The molecule has 2 rings (SSSR count). The molecule has 0 amide bonds. The molecule has 0 atom stereocenters. The van der Waals surface area contributed by atoms with E-state index in [0.717, 1.165) is 11.1 Å². The van der Waals surface area contributed by atoms with Crippen molar-refractivity contribution in [2.45, 2.75) is 37.8 Å². The molecule has 2 N–H and O–H groups in total. The standard InChI is InChI=1S/C21H29FN4O2S.HI/c1-16(2)26(4)29(27,28)20-10-8-18(9-11-20)15-25-21(23-3)24-13-12-17-6-5-7-19(22)14-17;/h5-11,14,16H,12-13,15H2,1-4H3,(H2,23,24,25);1H. The largest absolute Gasteiger partial charge is 0.356 e. The first-order chi connectivity index (χ1) is 13.7. The minimum absolute atomic E-state index is 0. The normalized spacial score (nSPS) is 12.0. The summed E-state index contributed by atoms with van der Waals surface area (Å²) in [6.45, 7) is 4.79. The first-order valence-electron chi connectivity index (χ1n) is 9.50. The molecule has 2 aromatic carbocycles. The molecular formula is C21H30FIN4O2S. The fourth-order valence-corrected chi connectivity index (χ4v) is 4.01. The maximum atomic E-state index is 13.2. The lowest BCUT2D eigenvalue weighted by atomic mass is 10.1. The van der Waals surface area contributed by atoms with Gasteiger partial charge in [-0.3, -0.25) is 4.99 Å². The van der Waals surface area contributed by atoms with Crippen molar-refractivity contribution in [2.75, 3.05) is 20.6 Å². The molecule has 2 aromatic rings. The third kappa shape index (κ3) is 7.51. The lowest BCUT2D eigenvalue weighted by Crippen LogP contribution is -2.37. The zero-order valence-electron chi connectivity index (χ0n) is 17.7. The molecule has 0 aliphatic heterocycles. The first-order valence-corrected chi connectivity index (χ1v) is 10.9. The zero-order valence-corrected chi connectivity index (χ0v) is 20.9. The van der Waals surface area contributed by atoms with E-state index in [0.29, 0.717) is 25.5 Å². The molecule has 0 heterocycles. The van der Waals surface area contributed by atoms with E-state index in [-0.39, 0.29) is 40.7 Å². The number of nitrogens with zero attached hydrogens (tertiary/aromatic N) is 2. The van der Waals surface area contributed by atoms with Gasteiger partial charge in [0.1, 0.15) is 5.82 Å². The predicted octanol–water partition coefficient (Wildman–Crippen LogP) is 3.38. The van der Waals surface area contributed by atoms with Crippen LogP contribution in [0.1, 0.15) is 25.0 Å². The van der Waals surface area contributed by atoms with Crippen molar-refractivity contribution in [3.63, 3.8) is 0 Å². The van der Waals surface area contributed by atoms with Crippen LogP contribution in [0.2, 0.25) is 0 Å². The van der Waals surface area contributed by atoms with Gasteiger partial charge in [0.05, 0.1) is 4.90 Å². The van der Waals surface area contributed by atoms with Crippen molar-refractivity contribution >= 4 is 40.0 Å². The van der Waals surface area contributed by atoms with Crippen LogP contribution in [0.15, 0.2) is 58.4 Å². The second kappa shape index (κ2) is 12.2. The van der Waals surface area contributed by atoms with Gasteiger partial charge in [-0.1, -0.05) is 24.3 Å². The van der Waals surface area contributed by atoms with Gasteiger partial charge >= 0.3 is 0 Å². The van der Waals surface area contributed by atoms with E-state index in [4.69, 9.17) is 0 Å². The lowest BCUT2D eigenvalue weighted by molar-refractivity contribution is 0.410. The molecule has 9 heteroatoms. The smallest absolute Gasteiger partial charge is 0.243 e. The molecule has 0 aromatic heterocycles. The van der Waals surface area contributed by atoms with Gasteiger partial charge in [-0.25, -0.2) is 12.8 Å². The van der Waals surface area contributed by atoms with Gasteiger partial charge in [-0.05, 0) is 55.7 Å². The van der Waals surface area contributed by atoms with Crippen LogP contribution in [-0.2, 0) is 23.0 Å². The summed E-state index contributed by atoms with van der Waals surface area (Å²) in [7, 11) is -0.228. The topological polar surface area (TPSA) is 73.8 Å². The van der Waals surface area contributed by atoms with E-state index in [1.807, 2.05) is 19.9 Å². The highest BCUT2D eigenvalue weighted by Gasteiger charge is 2.22. The number of guanidine groups is 1. The van der Waals surface area contributed by atoms with E-state index in [1.165, 1.54) is 16.4 Å². The molecule has 0 aliphatic carbocycles. The third-order valence-electron chi connectivity index (χ3n) is 4.61. The fraction of sp³-hybridized carbons (Fsp3) is 0.381. The van der Waals surface area contributed by atoms with Crippen molar-refractivity contribution < 1.29 is 12.8 Å². The maximum Gasteiger partial charge on any atom is 0.243 e. The number of hydrogen-bond acceptors (Lipinski definition) is 3. The summed E-state index contributed by atoms with van der Waals surface area (Å²) in [4.78, 5) is 4.44. The molecule has 0 unspecified atom stereocenters. The van der Waals surface area contributed by atoms with Crippen LogP contribution < -0.4 is 10.6 Å². The highest BCUT2D eigenvalue weighted by atomic mass is 127. The summed E-state index contributed by atoms with van der Waals surface area (Å²) < 4.78 is 39.6. The van der Waals surface area contributed by atoms with Crippen LogP contribution in [0.3, 0.4) is 0 Å². The van der Waals surface area contributed by atoms with Crippen LogP contribution >= 0.6 is 24.0 Å². The van der Waals surface area contributed by atoms with Crippen LogP contribution in [0.25, 0.3) is 0 Å².